The van der Waals surface area contributed by atoms with Crippen molar-refractivity contribution in [3.63, 3.8) is 0 Å². The Morgan fingerprint density at radius 1 is 1.25 bits per heavy atom. The Morgan fingerprint density at radius 2 is 1.94 bits per heavy atom. The van der Waals surface area contributed by atoms with E-state index < -0.39 is 0 Å². The number of nitrogens with zero attached hydrogens (tertiary/aromatic N) is 2. The highest BCUT2D eigenvalue weighted by Gasteiger charge is 2.05. The van der Waals surface area contributed by atoms with Gasteiger partial charge in [-0.15, -0.1) is 0 Å². The van der Waals surface area contributed by atoms with Crippen LogP contribution in [0.15, 0.2) is 24.3 Å². The molecular formula is C12H15N3S. The van der Waals surface area contributed by atoms with Gasteiger partial charge in [-0.2, -0.15) is 0 Å². The van der Waals surface area contributed by atoms with E-state index in [1.807, 2.05) is 24.3 Å². The molecule has 0 saturated carbocycles. The Kier molecular flexibility index (Phi) is 3.19. The summed E-state index contributed by atoms with van der Waals surface area (Å²) < 4.78 is 0.663. The minimum atomic E-state index is 0.663. The van der Waals surface area contributed by atoms with Crippen molar-refractivity contribution < 1.29 is 0 Å². The molecule has 2 rings (SSSR count). The molecule has 84 valence electrons. The number of anilines is 1. The molecule has 0 amide bonds. The van der Waals surface area contributed by atoms with E-state index in [-0.39, 0.29) is 0 Å². The predicted molar refractivity (Wildman–Crippen MR) is 70.5 cm³/mol. The zero-order valence-electron chi connectivity index (χ0n) is 9.53. The molecule has 0 bridgehead atoms. The van der Waals surface area contributed by atoms with Gasteiger partial charge in [0.05, 0.1) is 5.52 Å². The molecule has 0 fully saturated rings. The minimum absolute atomic E-state index is 0.663. The third-order valence-corrected chi connectivity index (χ3v) is 2.99. The second-order valence-electron chi connectivity index (χ2n) is 3.58. The van der Waals surface area contributed by atoms with Gasteiger partial charge in [0.25, 0.3) is 0 Å². The molecule has 1 aromatic heterocycles. The zero-order chi connectivity index (χ0) is 11.5. The summed E-state index contributed by atoms with van der Waals surface area (Å²) in [4.78, 5) is 9.90. The second kappa shape index (κ2) is 4.61. The molecule has 4 heteroatoms. The van der Waals surface area contributed by atoms with E-state index in [2.05, 4.69) is 28.7 Å². The van der Waals surface area contributed by atoms with Gasteiger partial charge < -0.3 is 9.88 Å². The van der Waals surface area contributed by atoms with E-state index in [4.69, 9.17) is 12.2 Å². The van der Waals surface area contributed by atoms with Crippen molar-refractivity contribution >= 4 is 29.1 Å². The van der Waals surface area contributed by atoms with Crippen molar-refractivity contribution in [2.45, 2.75) is 13.8 Å². The molecule has 1 heterocycles. The first-order valence-corrected chi connectivity index (χ1v) is 5.91. The topological polar surface area (TPSA) is 31.9 Å². The number of nitrogens with one attached hydrogen (secondary N) is 1. The van der Waals surface area contributed by atoms with Gasteiger partial charge in [0.1, 0.15) is 4.64 Å². The van der Waals surface area contributed by atoms with Crippen LogP contribution < -0.4 is 4.90 Å². The highest BCUT2D eigenvalue weighted by molar-refractivity contribution is 7.71. The van der Waals surface area contributed by atoms with Crippen LogP contribution in [-0.2, 0) is 0 Å². The Balaban J connectivity index is 2.62. The molecule has 1 N–H and O–H groups in total. The summed E-state index contributed by atoms with van der Waals surface area (Å²) in [6.07, 6.45) is 0. The van der Waals surface area contributed by atoms with Gasteiger partial charge in [-0.1, -0.05) is 24.4 Å². The van der Waals surface area contributed by atoms with E-state index in [1.54, 1.807) is 0 Å². The standard InChI is InChI=1S/C12H15N3S/c1-3-15(4-2)12-13-10-8-6-5-7-9(10)11(16)14-12/h5-8H,3-4H2,1-2H3,(H,13,14,16). The molecule has 1 aromatic carbocycles. The van der Waals surface area contributed by atoms with Crippen molar-refractivity contribution in [2.24, 2.45) is 0 Å². The Morgan fingerprint density at radius 3 is 2.62 bits per heavy atom. The van der Waals surface area contributed by atoms with Crippen molar-refractivity contribution in [2.75, 3.05) is 18.0 Å². The number of aromatic nitrogens is 2. The van der Waals surface area contributed by atoms with Crippen LogP contribution in [-0.4, -0.2) is 23.1 Å². The molecule has 0 radical (unpaired) electrons. The Labute approximate surface area is 100 Å². The van der Waals surface area contributed by atoms with Crippen LogP contribution in [0.3, 0.4) is 0 Å². The van der Waals surface area contributed by atoms with E-state index >= 15 is 0 Å². The number of aromatic amines is 1. The lowest BCUT2D eigenvalue weighted by Crippen LogP contribution is -2.24. The molecule has 16 heavy (non-hydrogen) atoms. The molecule has 0 aliphatic heterocycles. The maximum absolute atomic E-state index is 5.30. The van der Waals surface area contributed by atoms with Crippen LogP contribution in [0.2, 0.25) is 0 Å². The highest BCUT2D eigenvalue weighted by atomic mass is 32.1. The number of H-pyrrole nitrogens is 1. The average Bonchev–Trinajstić information content (AvgIpc) is 2.31. The van der Waals surface area contributed by atoms with Gasteiger partial charge in [0.2, 0.25) is 5.95 Å². The summed E-state index contributed by atoms with van der Waals surface area (Å²) in [5.74, 6) is 0.855. The molecule has 2 aromatic rings. The van der Waals surface area contributed by atoms with Crippen LogP contribution in [0.25, 0.3) is 10.9 Å². The lowest BCUT2D eigenvalue weighted by molar-refractivity contribution is 0.825. The molecule has 0 saturated heterocycles. The average molecular weight is 233 g/mol. The van der Waals surface area contributed by atoms with Gasteiger partial charge in [-0.25, -0.2) is 4.98 Å². The number of para-hydroxylation sites is 1. The fraction of sp³-hybridized carbons (Fsp3) is 0.333. The van der Waals surface area contributed by atoms with Crippen LogP contribution in [0.5, 0.6) is 0 Å². The number of rotatable bonds is 3. The first-order chi connectivity index (χ1) is 7.76. The molecule has 0 aliphatic rings. The molecule has 0 atom stereocenters. The van der Waals surface area contributed by atoms with E-state index in [9.17, 15) is 0 Å². The third-order valence-electron chi connectivity index (χ3n) is 2.67. The van der Waals surface area contributed by atoms with Crippen molar-refractivity contribution in [3.05, 3.63) is 28.9 Å². The zero-order valence-corrected chi connectivity index (χ0v) is 10.3. The summed E-state index contributed by atoms with van der Waals surface area (Å²) in [7, 11) is 0. The Bertz CT molecular complexity index is 543. The van der Waals surface area contributed by atoms with Crippen LogP contribution in [0.4, 0.5) is 5.95 Å². The summed E-state index contributed by atoms with van der Waals surface area (Å²) in [5, 5.41) is 1.01. The van der Waals surface area contributed by atoms with Gasteiger partial charge in [-0.05, 0) is 26.0 Å². The van der Waals surface area contributed by atoms with Crippen molar-refractivity contribution in [1.29, 1.82) is 0 Å². The summed E-state index contributed by atoms with van der Waals surface area (Å²) in [6, 6.07) is 8.00. The van der Waals surface area contributed by atoms with E-state index in [0.29, 0.717) is 4.64 Å². The van der Waals surface area contributed by atoms with Gasteiger partial charge in [0.15, 0.2) is 0 Å². The smallest absolute Gasteiger partial charge is 0.204 e. The molecule has 0 aliphatic carbocycles. The monoisotopic (exact) mass is 233 g/mol. The maximum atomic E-state index is 5.30. The number of benzene rings is 1. The largest absolute Gasteiger partial charge is 0.343 e. The van der Waals surface area contributed by atoms with Crippen molar-refractivity contribution in [1.82, 2.24) is 9.97 Å². The van der Waals surface area contributed by atoms with Gasteiger partial charge in [-0.3, -0.25) is 0 Å². The molecule has 0 spiro atoms. The minimum Gasteiger partial charge on any atom is -0.343 e. The predicted octanol–water partition coefficient (Wildman–Crippen LogP) is 3.14. The number of fused-ring (bicyclic) bond motifs is 1. The fourth-order valence-corrected chi connectivity index (χ4v) is 2.02. The Hall–Kier alpha value is -1.42. The molecular weight excluding hydrogens is 218 g/mol. The first kappa shape index (κ1) is 11.1. The second-order valence-corrected chi connectivity index (χ2v) is 3.97. The summed E-state index contributed by atoms with van der Waals surface area (Å²) in [6.45, 7) is 6.06. The number of hydrogen-bond acceptors (Lipinski definition) is 3. The van der Waals surface area contributed by atoms with Crippen molar-refractivity contribution in [3.8, 4) is 0 Å². The maximum Gasteiger partial charge on any atom is 0.204 e. The summed E-state index contributed by atoms with van der Waals surface area (Å²) in [5.41, 5.74) is 1.05. The molecule has 3 nitrogen and oxygen atoms in total. The lowest BCUT2D eigenvalue weighted by atomic mass is 10.2. The quantitative estimate of drug-likeness (QED) is 0.826. The number of hydrogen-bond donors (Lipinski definition) is 1. The summed E-state index contributed by atoms with van der Waals surface area (Å²) >= 11 is 5.30. The van der Waals surface area contributed by atoms with Crippen LogP contribution in [0, 0.1) is 4.64 Å². The van der Waals surface area contributed by atoms with Gasteiger partial charge in [0, 0.05) is 18.5 Å². The van der Waals surface area contributed by atoms with E-state index in [1.165, 1.54) is 0 Å². The molecule has 0 unspecified atom stereocenters. The SMILES string of the molecule is CCN(CC)c1nc(=S)c2ccccc2[nH]1. The van der Waals surface area contributed by atoms with Crippen LogP contribution in [0.1, 0.15) is 13.8 Å². The van der Waals surface area contributed by atoms with Crippen LogP contribution >= 0.6 is 12.2 Å². The lowest BCUT2D eigenvalue weighted by Gasteiger charge is -2.19. The fourth-order valence-electron chi connectivity index (χ4n) is 1.76. The first-order valence-electron chi connectivity index (χ1n) is 5.50. The third kappa shape index (κ3) is 1.93. The van der Waals surface area contributed by atoms with E-state index in [0.717, 1.165) is 29.9 Å². The highest BCUT2D eigenvalue weighted by Crippen LogP contribution is 2.16. The van der Waals surface area contributed by atoms with Gasteiger partial charge >= 0.3 is 0 Å². The normalized spacial score (nSPS) is 10.6.